The number of hydrogen-bond donors (Lipinski definition) is 2. The Labute approximate surface area is 179 Å². The number of nitrogen functional groups attached to an aromatic ring is 1. The van der Waals surface area contributed by atoms with E-state index in [1.807, 2.05) is 44.6 Å². The molecule has 0 aromatic carbocycles. The van der Waals surface area contributed by atoms with Crippen LogP contribution in [-0.4, -0.2) is 30.6 Å². The molecule has 156 valence electrons. The van der Waals surface area contributed by atoms with E-state index in [0.717, 1.165) is 33.2 Å². The van der Waals surface area contributed by atoms with Crippen LogP contribution in [0.3, 0.4) is 0 Å². The first kappa shape index (κ1) is 19.2. The number of carbonyl (C=O) groups excluding carboxylic acids is 1. The summed E-state index contributed by atoms with van der Waals surface area (Å²) in [5.74, 6) is 1.24. The van der Waals surface area contributed by atoms with Crippen molar-refractivity contribution in [1.82, 2.24) is 24.7 Å². The van der Waals surface area contributed by atoms with Gasteiger partial charge in [0.25, 0.3) is 0 Å². The molecule has 1 aliphatic rings. The van der Waals surface area contributed by atoms with E-state index >= 15 is 0 Å². The van der Waals surface area contributed by atoms with Gasteiger partial charge in [-0.1, -0.05) is 6.92 Å². The van der Waals surface area contributed by atoms with E-state index in [9.17, 15) is 4.79 Å². The van der Waals surface area contributed by atoms with Gasteiger partial charge < -0.3 is 11.1 Å². The second-order valence-electron chi connectivity index (χ2n) is 8.22. The van der Waals surface area contributed by atoms with E-state index in [-0.39, 0.29) is 23.7 Å². The first-order chi connectivity index (χ1) is 14.9. The van der Waals surface area contributed by atoms with Crippen LogP contribution >= 0.6 is 0 Å². The molecule has 0 radical (unpaired) electrons. The summed E-state index contributed by atoms with van der Waals surface area (Å²) in [6.07, 6.45) is 8.99. The molecule has 5 rings (SSSR count). The monoisotopic (exact) mass is 413 g/mol. The summed E-state index contributed by atoms with van der Waals surface area (Å²) in [6.45, 7) is 4.09. The Morgan fingerprint density at radius 2 is 2.06 bits per heavy atom. The number of nitrogens with zero attached hydrogens (tertiary/aromatic N) is 5. The zero-order chi connectivity index (χ0) is 21.7. The fraction of sp³-hybridized carbons (Fsp3) is 0.261. The number of rotatable bonds is 4. The van der Waals surface area contributed by atoms with Gasteiger partial charge in [0.2, 0.25) is 5.91 Å². The van der Waals surface area contributed by atoms with Gasteiger partial charge >= 0.3 is 0 Å². The Bertz CT molecular complexity index is 1310. The highest BCUT2D eigenvalue weighted by Crippen LogP contribution is 2.54. The third kappa shape index (κ3) is 3.39. The van der Waals surface area contributed by atoms with Gasteiger partial charge in [0.1, 0.15) is 11.6 Å². The van der Waals surface area contributed by atoms with Crippen LogP contribution in [0.1, 0.15) is 24.0 Å². The maximum absolute atomic E-state index is 12.9. The molecule has 1 saturated carbocycles. The van der Waals surface area contributed by atoms with Crippen molar-refractivity contribution in [3.8, 4) is 11.3 Å². The molecule has 8 heteroatoms. The van der Waals surface area contributed by atoms with Gasteiger partial charge in [0.15, 0.2) is 0 Å². The van der Waals surface area contributed by atoms with Crippen LogP contribution in [0.4, 0.5) is 11.6 Å². The van der Waals surface area contributed by atoms with Crippen molar-refractivity contribution in [1.29, 1.82) is 0 Å². The Hall–Kier alpha value is -3.81. The molecule has 4 aromatic rings. The van der Waals surface area contributed by atoms with Crippen molar-refractivity contribution in [2.24, 2.45) is 18.9 Å². The number of aryl methyl sites for hydroxylation is 2. The van der Waals surface area contributed by atoms with Gasteiger partial charge in [-0.15, -0.1) is 0 Å². The van der Waals surface area contributed by atoms with Crippen molar-refractivity contribution in [2.45, 2.75) is 19.8 Å². The summed E-state index contributed by atoms with van der Waals surface area (Å²) in [6, 6.07) is 5.73. The summed E-state index contributed by atoms with van der Waals surface area (Å²) in [5, 5.41) is 8.81. The Morgan fingerprint density at radius 3 is 2.81 bits per heavy atom. The number of anilines is 2. The second-order valence-corrected chi connectivity index (χ2v) is 8.22. The van der Waals surface area contributed by atoms with Gasteiger partial charge in [0.05, 0.1) is 11.9 Å². The van der Waals surface area contributed by atoms with Gasteiger partial charge in [-0.05, 0) is 47.6 Å². The topological polar surface area (TPSA) is 112 Å². The molecule has 0 saturated heterocycles. The second kappa shape index (κ2) is 7.16. The minimum atomic E-state index is -0.0854. The highest BCUT2D eigenvalue weighted by Gasteiger charge is 2.52. The summed E-state index contributed by atoms with van der Waals surface area (Å²) >= 11 is 0. The molecule has 0 bridgehead atoms. The number of pyridine rings is 3. The van der Waals surface area contributed by atoms with Crippen molar-refractivity contribution >= 4 is 28.3 Å². The largest absolute Gasteiger partial charge is 0.383 e. The van der Waals surface area contributed by atoms with Crippen LogP contribution in [0.15, 0.2) is 49.2 Å². The zero-order valence-electron chi connectivity index (χ0n) is 17.6. The third-order valence-electron chi connectivity index (χ3n) is 6.10. The Morgan fingerprint density at radius 1 is 1.23 bits per heavy atom. The molecule has 1 fully saturated rings. The number of fused-ring (bicyclic) bond motifs is 1. The SMILES string of the molecule is Cc1ccncc1-c1cc2cc(NC(=O)[C@H]3[C@@H](C)[C@@H]3c3cnn(C)c3)ncc2c(N)n1. The van der Waals surface area contributed by atoms with Crippen molar-refractivity contribution in [3.63, 3.8) is 0 Å². The number of hydrogen-bond acceptors (Lipinski definition) is 6. The minimum absolute atomic E-state index is 0.0291. The molecule has 1 aliphatic carbocycles. The number of carbonyl (C=O) groups is 1. The molecular formula is C23H23N7O. The van der Waals surface area contributed by atoms with E-state index in [1.165, 1.54) is 0 Å². The van der Waals surface area contributed by atoms with Gasteiger partial charge in [-0.25, -0.2) is 9.97 Å². The smallest absolute Gasteiger partial charge is 0.229 e. The average Bonchev–Trinajstić information content (AvgIpc) is 3.22. The van der Waals surface area contributed by atoms with Gasteiger partial charge in [-0.2, -0.15) is 5.10 Å². The predicted molar refractivity (Wildman–Crippen MR) is 119 cm³/mol. The summed E-state index contributed by atoms with van der Waals surface area (Å²) in [5.41, 5.74) is 10.0. The maximum Gasteiger partial charge on any atom is 0.229 e. The lowest BCUT2D eigenvalue weighted by molar-refractivity contribution is -0.117. The lowest BCUT2D eigenvalue weighted by atomic mass is 10.1. The maximum atomic E-state index is 12.9. The lowest BCUT2D eigenvalue weighted by Gasteiger charge is -2.10. The van der Waals surface area contributed by atoms with Gasteiger partial charge in [-0.3, -0.25) is 14.5 Å². The van der Waals surface area contributed by atoms with Crippen LogP contribution in [0.2, 0.25) is 0 Å². The predicted octanol–water partition coefficient (Wildman–Crippen LogP) is 3.30. The highest BCUT2D eigenvalue weighted by atomic mass is 16.2. The molecule has 4 aromatic heterocycles. The number of nitrogens with two attached hydrogens (primary N) is 1. The van der Waals surface area contributed by atoms with Gasteiger partial charge in [0, 0.05) is 54.6 Å². The number of nitrogens with one attached hydrogen (secondary N) is 1. The molecule has 0 unspecified atom stereocenters. The molecular weight excluding hydrogens is 390 g/mol. The van der Waals surface area contributed by atoms with Crippen LogP contribution < -0.4 is 11.1 Å². The summed E-state index contributed by atoms with van der Waals surface area (Å²) in [7, 11) is 1.88. The lowest BCUT2D eigenvalue weighted by Crippen LogP contribution is -2.16. The molecule has 1 amide bonds. The first-order valence-corrected chi connectivity index (χ1v) is 10.2. The molecule has 3 atom stereocenters. The van der Waals surface area contributed by atoms with Crippen molar-refractivity contribution in [3.05, 3.63) is 60.3 Å². The zero-order valence-corrected chi connectivity index (χ0v) is 17.6. The van der Waals surface area contributed by atoms with E-state index < -0.39 is 0 Å². The normalized spacial score (nSPS) is 20.0. The van der Waals surface area contributed by atoms with Crippen LogP contribution in [-0.2, 0) is 11.8 Å². The van der Waals surface area contributed by atoms with Crippen molar-refractivity contribution in [2.75, 3.05) is 11.1 Å². The molecule has 3 N–H and O–H groups in total. The average molecular weight is 413 g/mol. The van der Waals surface area contributed by atoms with E-state index in [0.29, 0.717) is 11.6 Å². The number of aromatic nitrogens is 5. The van der Waals surface area contributed by atoms with E-state index in [1.54, 1.807) is 23.3 Å². The van der Waals surface area contributed by atoms with Crippen LogP contribution in [0, 0.1) is 18.8 Å². The van der Waals surface area contributed by atoms with E-state index in [4.69, 9.17) is 5.73 Å². The standard InChI is InChI=1S/C23H23N7O/c1-12-4-5-25-9-16(12)18-6-14-7-19(26-10-17(14)22(24)28-18)29-23(31)21-13(2)20(21)15-8-27-30(3)11-15/h4-11,13,20-21H,1-3H3,(H2,24,28)(H,26,29,31)/t13-,20+,21-/m0/s1. The fourth-order valence-electron chi connectivity index (χ4n) is 4.31. The minimum Gasteiger partial charge on any atom is -0.383 e. The molecule has 8 nitrogen and oxygen atoms in total. The quantitative estimate of drug-likeness (QED) is 0.531. The summed E-state index contributed by atoms with van der Waals surface area (Å²) < 4.78 is 1.76. The van der Waals surface area contributed by atoms with Crippen molar-refractivity contribution < 1.29 is 4.79 Å². The molecule has 31 heavy (non-hydrogen) atoms. The highest BCUT2D eigenvalue weighted by molar-refractivity contribution is 5.99. The molecule has 0 spiro atoms. The third-order valence-corrected chi connectivity index (χ3v) is 6.10. The Kier molecular flexibility index (Phi) is 4.43. The van der Waals surface area contributed by atoms with Crippen LogP contribution in [0.25, 0.3) is 22.0 Å². The Balaban J connectivity index is 1.42. The number of amides is 1. The molecule has 0 aliphatic heterocycles. The summed E-state index contributed by atoms with van der Waals surface area (Å²) in [4.78, 5) is 26.0. The first-order valence-electron chi connectivity index (χ1n) is 10.2. The molecule has 4 heterocycles. The fourth-order valence-corrected chi connectivity index (χ4v) is 4.31. The van der Waals surface area contributed by atoms with E-state index in [2.05, 4.69) is 32.3 Å². The van der Waals surface area contributed by atoms with Crippen LogP contribution in [0.5, 0.6) is 0 Å².